The van der Waals surface area contributed by atoms with Crippen molar-refractivity contribution in [2.45, 2.75) is 19.3 Å². The lowest BCUT2D eigenvalue weighted by Crippen LogP contribution is -2.14. The predicted octanol–water partition coefficient (Wildman–Crippen LogP) is 5.00. The minimum Gasteiger partial charge on any atom is -0.302 e. The first-order chi connectivity index (χ1) is 12.1. The van der Waals surface area contributed by atoms with Crippen LogP contribution in [0.1, 0.15) is 22.8 Å². The van der Waals surface area contributed by atoms with Crippen molar-refractivity contribution in [3.05, 3.63) is 70.9 Å². The number of aromatic nitrogens is 1. The Hall–Kier alpha value is -2.53. The molecule has 0 unspecified atom stereocenters. The number of nitrogens with one attached hydrogen (secondary N) is 1. The number of thiazole rings is 1. The molecule has 1 amide bonds. The van der Waals surface area contributed by atoms with Crippen molar-refractivity contribution < 1.29 is 9.18 Å². The van der Waals surface area contributed by atoms with Crippen LogP contribution >= 0.6 is 11.3 Å². The summed E-state index contributed by atoms with van der Waals surface area (Å²) in [5, 5.41) is 3.54. The third-order valence-corrected chi connectivity index (χ3v) is 5.39. The quantitative estimate of drug-likeness (QED) is 0.718. The van der Waals surface area contributed by atoms with E-state index in [4.69, 9.17) is 0 Å². The summed E-state index contributed by atoms with van der Waals surface area (Å²) >= 11 is 1.45. The second-order valence-corrected chi connectivity index (χ2v) is 7.48. The highest BCUT2D eigenvalue weighted by molar-refractivity contribution is 7.16. The van der Waals surface area contributed by atoms with Gasteiger partial charge in [-0.05, 0) is 49.1 Å². The van der Waals surface area contributed by atoms with Crippen LogP contribution in [0.25, 0.3) is 11.3 Å². The minimum atomic E-state index is -0.272. The molecule has 0 saturated heterocycles. The van der Waals surface area contributed by atoms with Crippen LogP contribution in [-0.2, 0) is 4.79 Å². The number of hydrogen-bond donors (Lipinski definition) is 1. The molecular formula is C20H17FN2OS. The maximum Gasteiger partial charge on any atom is 0.229 e. The average molecular weight is 352 g/mol. The molecular weight excluding hydrogens is 335 g/mol. The molecule has 1 fully saturated rings. The Morgan fingerprint density at radius 2 is 1.88 bits per heavy atom. The van der Waals surface area contributed by atoms with Gasteiger partial charge in [0.1, 0.15) is 5.82 Å². The molecule has 2 atom stereocenters. The fourth-order valence-corrected chi connectivity index (χ4v) is 3.92. The zero-order chi connectivity index (χ0) is 17.4. The third kappa shape index (κ3) is 3.33. The van der Waals surface area contributed by atoms with Crippen molar-refractivity contribution >= 4 is 22.4 Å². The molecule has 1 aromatic heterocycles. The smallest absolute Gasteiger partial charge is 0.229 e. The van der Waals surface area contributed by atoms with Gasteiger partial charge >= 0.3 is 0 Å². The zero-order valence-corrected chi connectivity index (χ0v) is 14.5. The number of hydrogen-bond acceptors (Lipinski definition) is 3. The van der Waals surface area contributed by atoms with Crippen molar-refractivity contribution in [3.8, 4) is 11.3 Å². The zero-order valence-electron chi connectivity index (χ0n) is 13.7. The molecule has 4 rings (SSSR count). The first-order valence-corrected chi connectivity index (χ1v) is 9.02. The molecule has 1 N–H and O–H groups in total. The lowest BCUT2D eigenvalue weighted by atomic mass is 10.1. The number of rotatable bonds is 4. The molecule has 0 spiro atoms. The van der Waals surface area contributed by atoms with Crippen LogP contribution < -0.4 is 5.32 Å². The summed E-state index contributed by atoms with van der Waals surface area (Å²) in [5.41, 5.74) is 2.85. The second kappa shape index (κ2) is 6.41. The van der Waals surface area contributed by atoms with E-state index < -0.39 is 0 Å². The molecule has 1 aliphatic carbocycles. The second-order valence-electron chi connectivity index (χ2n) is 6.28. The topological polar surface area (TPSA) is 42.0 Å². The van der Waals surface area contributed by atoms with Gasteiger partial charge in [-0.25, -0.2) is 9.37 Å². The fourth-order valence-electron chi connectivity index (χ4n) is 3.08. The molecule has 0 radical (unpaired) electrons. The summed E-state index contributed by atoms with van der Waals surface area (Å²) in [6.45, 7) is 1.95. The van der Waals surface area contributed by atoms with E-state index in [1.54, 1.807) is 12.1 Å². The molecule has 3 nitrogen and oxygen atoms in total. The Labute approximate surface area is 149 Å². The SMILES string of the molecule is Cc1sc(NC(=O)[C@@H]2C[C@@H]2c2ccccc2)nc1-c1ccc(F)cc1. The summed E-state index contributed by atoms with van der Waals surface area (Å²) < 4.78 is 13.1. The van der Waals surface area contributed by atoms with Crippen molar-refractivity contribution in [1.82, 2.24) is 4.98 Å². The number of benzene rings is 2. The van der Waals surface area contributed by atoms with Gasteiger partial charge in [0.15, 0.2) is 5.13 Å². The van der Waals surface area contributed by atoms with Crippen LogP contribution in [0.2, 0.25) is 0 Å². The van der Waals surface area contributed by atoms with Crippen LogP contribution in [-0.4, -0.2) is 10.9 Å². The van der Waals surface area contributed by atoms with Gasteiger partial charge in [-0.1, -0.05) is 30.3 Å². The van der Waals surface area contributed by atoms with Gasteiger partial charge in [-0.3, -0.25) is 4.79 Å². The monoisotopic (exact) mass is 352 g/mol. The molecule has 0 aliphatic heterocycles. The van der Waals surface area contributed by atoms with Crippen LogP contribution in [0, 0.1) is 18.7 Å². The van der Waals surface area contributed by atoms with Crippen molar-refractivity contribution in [3.63, 3.8) is 0 Å². The fraction of sp³-hybridized carbons (Fsp3) is 0.200. The van der Waals surface area contributed by atoms with Gasteiger partial charge in [0, 0.05) is 16.4 Å². The lowest BCUT2D eigenvalue weighted by molar-refractivity contribution is -0.117. The number of carbonyl (C=O) groups is 1. The van der Waals surface area contributed by atoms with E-state index in [-0.39, 0.29) is 17.6 Å². The molecule has 0 bridgehead atoms. The van der Waals surface area contributed by atoms with Crippen LogP contribution in [0.15, 0.2) is 54.6 Å². The van der Waals surface area contributed by atoms with E-state index >= 15 is 0 Å². The van der Waals surface area contributed by atoms with Gasteiger partial charge in [-0.2, -0.15) is 0 Å². The van der Waals surface area contributed by atoms with Crippen molar-refractivity contribution in [2.75, 3.05) is 5.32 Å². The molecule has 1 aliphatic rings. The maximum atomic E-state index is 13.1. The minimum absolute atomic E-state index is 0.0147. The summed E-state index contributed by atoms with van der Waals surface area (Å²) in [6.07, 6.45) is 0.880. The number of carbonyl (C=O) groups excluding carboxylic acids is 1. The summed E-state index contributed by atoms with van der Waals surface area (Å²) in [5.74, 6) is 0.0683. The van der Waals surface area contributed by atoms with Gasteiger partial charge in [0.2, 0.25) is 5.91 Å². The standard InChI is InChI=1S/C20H17FN2OS/c1-12-18(14-7-9-15(21)10-8-14)22-20(25-12)23-19(24)17-11-16(17)13-5-3-2-4-6-13/h2-10,16-17H,11H2,1H3,(H,22,23,24)/t16-,17-/m1/s1. The third-order valence-electron chi connectivity index (χ3n) is 4.50. The number of nitrogens with zero attached hydrogens (tertiary/aromatic N) is 1. The highest BCUT2D eigenvalue weighted by Crippen LogP contribution is 2.48. The van der Waals surface area contributed by atoms with Gasteiger partial charge in [0.25, 0.3) is 0 Å². The number of halogens is 1. The Morgan fingerprint density at radius 3 is 2.60 bits per heavy atom. The molecule has 5 heteroatoms. The predicted molar refractivity (Wildman–Crippen MR) is 98.2 cm³/mol. The Kier molecular flexibility index (Phi) is 4.09. The van der Waals surface area contributed by atoms with Gasteiger partial charge in [-0.15, -0.1) is 11.3 Å². The van der Waals surface area contributed by atoms with Crippen molar-refractivity contribution in [2.24, 2.45) is 5.92 Å². The van der Waals surface area contributed by atoms with Gasteiger partial charge in [0.05, 0.1) is 5.69 Å². The normalized spacial score (nSPS) is 18.8. The van der Waals surface area contributed by atoms with Crippen LogP contribution in [0.4, 0.5) is 9.52 Å². The molecule has 1 heterocycles. The first-order valence-electron chi connectivity index (χ1n) is 8.21. The van der Waals surface area contributed by atoms with E-state index in [2.05, 4.69) is 22.4 Å². The summed E-state index contributed by atoms with van der Waals surface area (Å²) in [6, 6.07) is 16.4. The van der Waals surface area contributed by atoms with E-state index in [1.807, 2.05) is 25.1 Å². The Bertz CT molecular complexity index is 905. The van der Waals surface area contributed by atoms with Gasteiger partial charge < -0.3 is 5.32 Å². The summed E-state index contributed by atoms with van der Waals surface area (Å²) in [7, 11) is 0. The summed E-state index contributed by atoms with van der Waals surface area (Å²) in [4.78, 5) is 18.0. The molecule has 126 valence electrons. The largest absolute Gasteiger partial charge is 0.302 e. The van der Waals surface area contributed by atoms with Crippen LogP contribution in [0.5, 0.6) is 0 Å². The van der Waals surface area contributed by atoms with E-state index in [1.165, 1.54) is 29.0 Å². The first kappa shape index (κ1) is 16.0. The lowest BCUT2D eigenvalue weighted by Gasteiger charge is -2.01. The molecule has 3 aromatic rings. The van der Waals surface area contributed by atoms with E-state index in [0.29, 0.717) is 11.0 Å². The molecule has 2 aromatic carbocycles. The Morgan fingerprint density at radius 1 is 1.16 bits per heavy atom. The average Bonchev–Trinajstić information content (AvgIpc) is 3.35. The van der Waals surface area contributed by atoms with Crippen molar-refractivity contribution in [1.29, 1.82) is 0 Å². The van der Waals surface area contributed by atoms with Crippen LogP contribution in [0.3, 0.4) is 0 Å². The van der Waals surface area contributed by atoms with E-state index in [9.17, 15) is 9.18 Å². The number of aryl methyl sites for hydroxylation is 1. The Balaban J connectivity index is 1.46. The molecule has 25 heavy (non-hydrogen) atoms. The van der Waals surface area contributed by atoms with E-state index in [0.717, 1.165) is 22.6 Å². The molecule has 1 saturated carbocycles. The number of anilines is 1. The highest BCUT2D eigenvalue weighted by atomic mass is 32.1. The maximum absolute atomic E-state index is 13.1. The highest BCUT2D eigenvalue weighted by Gasteiger charge is 2.44. The number of amides is 1.